The Kier molecular flexibility index (Phi) is 6.77. The highest BCUT2D eigenvalue weighted by molar-refractivity contribution is 5.64. The zero-order valence-electron chi connectivity index (χ0n) is 13.0. The van der Waals surface area contributed by atoms with E-state index in [-0.39, 0.29) is 6.04 Å². The van der Waals surface area contributed by atoms with Crippen molar-refractivity contribution in [2.24, 2.45) is 5.92 Å². The fourth-order valence-corrected chi connectivity index (χ4v) is 3.79. The van der Waals surface area contributed by atoms with Crippen molar-refractivity contribution in [2.45, 2.75) is 69.9 Å². The second kappa shape index (κ2) is 8.59. The van der Waals surface area contributed by atoms with Crippen LogP contribution in [0.2, 0.25) is 0 Å². The third-order valence-electron chi connectivity index (χ3n) is 4.98. The van der Waals surface area contributed by atoms with Gasteiger partial charge in [0.05, 0.1) is 12.1 Å². The highest BCUT2D eigenvalue weighted by atomic mass is 16.4. The number of carbonyl (C=O) groups is 1. The van der Waals surface area contributed by atoms with E-state index >= 15 is 0 Å². The second-order valence-corrected chi connectivity index (χ2v) is 6.72. The fraction of sp³-hybridized carbons (Fsp3) is 0.938. The Labute approximate surface area is 127 Å². The summed E-state index contributed by atoms with van der Waals surface area (Å²) < 4.78 is 0. The quantitative estimate of drug-likeness (QED) is 0.704. The maximum Gasteiger partial charge on any atom is 0.404 e. The van der Waals surface area contributed by atoms with Crippen molar-refractivity contribution >= 4 is 6.09 Å². The van der Waals surface area contributed by atoms with Crippen LogP contribution in [0.3, 0.4) is 0 Å². The summed E-state index contributed by atoms with van der Waals surface area (Å²) in [6.07, 6.45) is 8.94. The van der Waals surface area contributed by atoms with E-state index in [1.165, 1.54) is 51.4 Å². The molecular weight excluding hydrogens is 268 g/mol. The summed E-state index contributed by atoms with van der Waals surface area (Å²) in [5, 5.41) is 22.1. The molecule has 1 aliphatic heterocycles. The van der Waals surface area contributed by atoms with Crippen LogP contribution in [-0.4, -0.2) is 53.0 Å². The fourth-order valence-electron chi connectivity index (χ4n) is 3.79. The first-order valence-electron chi connectivity index (χ1n) is 8.55. The summed E-state index contributed by atoms with van der Waals surface area (Å²) in [4.78, 5) is 13.3. The van der Waals surface area contributed by atoms with Gasteiger partial charge in [-0.1, -0.05) is 38.5 Å². The molecule has 5 nitrogen and oxygen atoms in total. The van der Waals surface area contributed by atoms with Gasteiger partial charge in [0, 0.05) is 6.54 Å². The van der Waals surface area contributed by atoms with E-state index in [1.54, 1.807) is 0 Å². The average molecular weight is 298 g/mol. The number of hydrogen-bond donors (Lipinski definition) is 3. The first-order valence-corrected chi connectivity index (χ1v) is 8.55. The van der Waals surface area contributed by atoms with Gasteiger partial charge in [0.1, 0.15) is 0 Å². The van der Waals surface area contributed by atoms with E-state index in [1.807, 2.05) is 0 Å². The second-order valence-electron chi connectivity index (χ2n) is 6.72. The van der Waals surface area contributed by atoms with Gasteiger partial charge in [-0.05, 0) is 38.3 Å². The number of aliphatic hydroxyl groups excluding tert-OH is 1. The minimum Gasteiger partial charge on any atom is -0.465 e. The lowest BCUT2D eigenvalue weighted by Gasteiger charge is -2.33. The first-order chi connectivity index (χ1) is 10.1. The predicted molar refractivity (Wildman–Crippen MR) is 82.4 cm³/mol. The van der Waals surface area contributed by atoms with Gasteiger partial charge in [0.25, 0.3) is 0 Å². The molecule has 2 atom stereocenters. The maximum absolute atomic E-state index is 11.0. The molecule has 0 radical (unpaired) electrons. The molecule has 0 aromatic heterocycles. The highest BCUT2D eigenvalue weighted by Crippen LogP contribution is 2.28. The number of β-amino-alcohol motifs (C(OH)–C–C–N with tert-alkyl or cyclic N) is 1. The number of rotatable bonds is 6. The van der Waals surface area contributed by atoms with Crippen molar-refractivity contribution in [2.75, 3.05) is 19.6 Å². The molecule has 1 amide bonds. The van der Waals surface area contributed by atoms with Crippen LogP contribution >= 0.6 is 0 Å². The van der Waals surface area contributed by atoms with E-state index in [0.29, 0.717) is 12.5 Å². The smallest absolute Gasteiger partial charge is 0.404 e. The Morgan fingerprint density at radius 1 is 1.10 bits per heavy atom. The van der Waals surface area contributed by atoms with Crippen LogP contribution < -0.4 is 5.32 Å². The van der Waals surface area contributed by atoms with Crippen LogP contribution in [0.4, 0.5) is 4.79 Å². The van der Waals surface area contributed by atoms with Crippen molar-refractivity contribution in [3.63, 3.8) is 0 Å². The standard InChI is InChI=1S/C16H30N2O3/c19-15(12-18-9-5-2-6-10-18)14(17-16(20)21)11-13-7-3-1-4-8-13/h13-15,17,19H,1-12H2,(H,20,21)/t14-,15?/m0/s1. The average Bonchev–Trinajstić information content (AvgIpc) is 2.48. The summed E-state index contributed by atoms with van der Waals surface area (Å²) in [7, 11) is 0. The lowest BCUT2D eigenvalue weighted by atomic mass is 9.83. The van der Waals surface area contributed by atoms with Gasteiger partial charge in [0.2, 0.25) is 0 Å². The number of nitrogens with zero attached hydrogens (tertiary/aromatic N) is 1. The number of hydrogen-bond acceptors (Lipinski definition) is 3. The normalized spacial score (nSPS) is 24.4. The molecule has 5 heteroatoms. The molecule has 1 saturated heterocycles. The third-order valence-corrected chi connectivity index (χ3v) is 4.98. The van der Waals surface area contributed by atoms with Gasteiger partial charge < -0.3 is 20.4 Å². The van der Waals surface area contributed by atoms with Gasteiger partial charge in [-0.25, -0.2) is 4.79 Å². The molecule has 1 aliphatic carbocycles. The van der Waals surface area contributed by atoms with E-state index in [4.69, 9.17) is 5.11 Å². The largest absolute Gasteiger partial charge is 0.465 e. The van der Waals surface area contributed by atoms with E-state index in [2.05, 4.69) is 10.2 Å². The zero-order chi connectivity index (χ0) is 15.1. The maximum atomic E-state index is 11.0. The molecule has 2 aliphatic rings. The predicted octanol–water partition coefficient (Wildman–Crippen LogP) is 2.44. The lowest BCUT2D eigenvalue weighted by molar-refractivity contribution is 0.0600. The molecule has 0 aromatic carbocycles. The minimum atomic E-state index is -1.02. The van der Waals surface area contributed by atoms with Gasteiger partial charge in [0.15, 0.2) is 0 Å². The molecular formula is C16H30N2O3. The summed E-state index contributed by atoms with van der Waals surface area (Å²) in [5.74, 6) is 0.562. The van der Waals surface area contributed by atoms with E-state index < -0.39 is 12.2 Å². The topological polar surface area (TPSA) is 72.8 Å². The Hall–Kier alpha value is -0.810. The Morgan fingerprint density at radius 3 is 2.33 bits per heavy atom. The Balaban J connectivity index is 1.85. The number of nitrogens with one attached hydrogen (secondary N) is 1. The third kappa shape index (κ3) is 5.83. The van der Waals surface area contributed by atoms with Crippen LogP contribution in [0.25, 0.3) is 0 Å². The van der Waals surface area contributed by atoms with Crippen molar-refractivity contribution in [3.8, 4) is 0 Å². The zero-order valence-corrected chi connectivity index (χ0v) is 13.0. The van der Waals surface area contributed by atoms with Gasteiger partial charge in [-0.3, -0.25) is 0 Å². The van der Waals surface area contributed by atoms with Gasteiger partial charge in [-0.2, -0.15) is 0 Å². The monoisotopic (exact) mass is 298 g/mol. The molecule has 0 aromatic rings. The Bertz CT molecular complexity index is 313. The van der Waals surface area contributed by atoms with Crippen LogP contribution in [0.1, 0.15) is 57.8 Å². The SMILES string of the molecule is O=C(O)N[C@@H](CC1CCCCC1)C(O)CN1CCCCC1. The molecule has 1 unspecified atom stereocenters. The summed E-state index contributed by atoms with van der Waals surface area (Å²) in [5.41, 5.74) is 0. The van der Waals surface area contributed by atoms with Crippen LogP contribution in [0.5, 0.6) is 0 Å². The summed E-state index contributed by atoms with van der Waals surface area (Å²) in [6.45, 7) is 2.65. The van der Waals surface area contributed by atoms with Gasteiger partial charge in [-0.15, -0.1) is 0 Å². The highest BCUT2D eigenvalue weighted by Gasteiger charge is 2.27. The van der Waals surface area contributed by atoms with Gasteiger partial charge >= 0.3 is 6.09 Å². The number of amides is 1. The minimum absolute atomic E-state index is 0.326. The molecule has 3 N–H and O–H groups in total. The van der Waals surface area contributed by atoms with Crippen molar-refractivity contribution in [1.29, 1.82) is 0 Å². The van der Waals surface area contributed by atoms with Crippen LogP contribution in [0, 0.1) is 5.92 Å². The molecule has 21 heavy (non-hydrogen) atoms. The molecule has 2 rings (SSSR count). The van der Waals surface area contributed by atoms with Crippen LogP contribution in [-0.2, 0) is 0 Å². The summed E-state index contributed by atoms with van der Waals surface area (Å²) in [6, 6.07) is -0.326. The van der Waals surface area contributed by atoms with Crippen molar-refractivity contribution in [3.05, 3.63) is 0 Å². The molecule has 1 saturated carbocycles. The number of aliphatic hydroxyl groups is 1. The number of carboxylic acid groups (broad SMARTS) is 1. The van der Waals surface area contributed by atoms with Crippen molar-refractivity contribution < 1.29 is 15.0 Å². The molecule has 0 bridgehead atoms. The summed E-state index contributed by atoms with van der Waals surface area (Å²) >= 11 is 0. The number of likely N-dealkylation sites (tertiary alicyclic amines) is 1. The Morgan fingerprint density at radius 2 is 1.71 bits per heavy atom. The molecule has 1 heterocycles. The van der Waals surface area contributed by atoms with Crippen molar-refractivity contribution in [1.82, 2.24) is 10.2 Å². The lowest BCUT2D eigenvalue weighted by Crippen LogP contribution is -2.49. The van der Waals surface area contributed by atoms with E-state index in [9.17, 15) is 9.90 Å². The first kappa shape index (κ1) is 16.6. The molecule has 122 valence electrons. The van der Waals surface area contributed by atoms with Crippen LogP contribution in [0.15, 0.2) is 0 Å². The number of piperidine rings is 1. The van der Waals surface area contributed by atoms with E-state index in [0.717, 1.165) is 19.5 Å². The molecule has 0 spiro atoms. The molecule has 2 fully saturated rings.